The molecule has 0 radical (unpaired) electrons. The Bertz CT molecular complexity index is 326. The minimum atomic E-state index is -0.137. The molecule has 1 unspecified atom stereocenters. The summed E-state index contributed by atoms with van der Waals surface area (Å²) in [6.07, 6.45) is 1.70. The first-order valence-corrected chi connectivity index (χ1v) is 6.34. The fourth-order valence-electron chi connectivity index (χ4n) is 1.17. The van der Waals surface area contributed by atoms with Crippen molar-refractivity contribution in [3.63, 3.8) is 0 Å². The number of rotatable bonds is 4. The Morgan fingerprint density at radius 3 is 2.27 bits per heavy atom. The smallest absolute Gasteiger partial charge is 0.160 e. The number of nitrogens with zero attached hydrogens (tertiary/aromatic N) is 2. The van der Waals surface area contributed by atoms with Crippen molar-refractivity contribution in [1.82, 2.24) is 9.97 Å². The summed E-state index contributed by atoms with van der Waals surface area (Å²) in [7, 11) is 1.63. The van der Waals surface area contributed by atoms with Crippen molar-refractivity contribution in [2.24, 2.45) is 0 Å². The molecule has 0 fully saturated rings. The van der Waals surface area contributed by atoms with Gasteiger partial charge in [-0.15, -0.1) is 0 Å². The van der Waals surface area contributed by atoms with E-state index in [0.29, 0.717) is 19.7 Å². The van der Waals surface area contributed by atoms with Crippen molar-refractivity contribution >= 4 is 45.8 Å². The third-order valence-electron chi connectivity index (χ3n) is 1.91. The molecule has 0 N–H and O–H groups in total. The summed E-state index contributed by atoms with van der Waals surface area (Å²) >= 11 is 13.9. The third kappa shape index (κ3) is 3.41. The highest BCUT2D eigenvalue weighted by molar-refractivity contribution is 14.1. The van der Waals surface area contributed by atoms with Crippen LogP contribution in [0.4, 0.5) is 0 Å². The molecule has 0 spiro atoms. The second-order valence-corrected chi connectivity index (χ2v) is 4.79. The molecule has 0 saturated carbocycles. The monoisotopic (exact) mass is 360 g/mol. The molecule has 6 heteroatoms. The lowest BCUT2D eigenvalue weighted by Crippen LogP contribution is -2.08. The molecule has 1 atom stereocenters. The van der Waals surface area contributed by atoms with Crippen molar-refractivity contribution < 1.29 is 4.74 Å². The molecule has 1 aromatic heterocycles. The van der Waals surface area contributed by atoms with Crippen LogP contribution in [-0.2, 0) is 4.74 Å². The van der Waals surface area contributed by atoms with Gasteiger partial charge >= 0.3 is 0 Å². The van der Waals surface area contributed by atoms with Gasteiger partial charge < -0.3 is 4.74 Å². The van der Waals surface area contributed by atoms with Gasteiger partial charge in [-0.25, -0.2) is 9.97 Å². The van der Waals surface area contributed by atoms with Gasteiger partial charge in [0.1, 0.15) is 16.4 Å². The van der Waals surface area contributed by atoms with Crippen LogP contribution in [-0.4, -0.2) is 17.1 Å². The highest BCUT2D eigenvalue weighted by Crippen LogP contribution is 2.27. The van der Waals surface area contributed by atoms with Crippen LogP contribution in [0.5, 0.6) is 0 Å². The van der Waals surface area contributed by atoms with Crippen LogP contribution in [0.15, 0.2) is 0 Å². The molecule has 0 amide bonds. The van der Waals surface area contributed by atoms with Crippen LogP contribution in [0, 0.1) is 3.57 Å². The van der Waals surface area contributed by atoms with E-state index in [2.05, 4.69) is 16.9 Å². The average Bonchev–Trinajstić information content (AvgIpc) is 2.22. The van der Waals surface area contributed by atoms with Crippen molar-refractivity contribution in [1.29, 1.82) is 0 Å². The molecule has 0 aliphatic carbocycles. The maximum absolute atomic E-state index is 5.92. The largest absolute Gasteiger partial charge is 0.373 e. The lowest BCUT2D eigenvalue weighted by atomic mass is 10.2. The summed E-state index contributed by atoms with van der Waals surface area (Å²) in [6.45, 7) is 2.07. The van der Waals surface area contributed by atoms with Crippen LogP contribution in [0.2, 0.25) is 10.3 Å². The molecule has 1 rings (SSSR count). The standard InChI is InChI=1S/C9H11Cl2IN2O/c1-3-4-5(15-2)9-13-7(10)6(12)8(11)14-9/h5H,3-4H2,1-2H3. The summed E-state index contributed by atoms with van der Waals surface area (Å²) < 4.78 is 5.95. The molecule has 3 nitrogen and oxygen atoms in total. The van der Waals surface area contributed by atoms with Gasteiger partial charge in [-0.3, -0.25) is 0 Å². The first-order valence-electron chi connectivity index (χ1n) is 4.51. The van der Waals surface area contributed by atoms with E-state index >= 15 is 0 Å². The van der Waals surface area contributed by atoms with E-state index in [-0.39, 0.29) is 6.10 Å². The number of ether oxygens (including phenoxy) is 1. The Hall–Kier alpha value is 0.350. The van der Waals surface area contributed by atoms with Gasteiger partial charge in [0.15, 0.2) is 5.82 Å². The van der Waals surface area contributed by atoms with Gasteiger partial charge in [0.25, 0.3) is 0 Å². The van der Waals surface area contributed by atoms with Gasteiger partial charge in [0.2, 0.25) is 0 Å². The lowest BCUT2D eigenvalue weighted by molar-refractivity contribution is 0.0876. The molecule has 0 saturated heterocycles. The molecular weight excluding hydrogens is 350 g/mol. The van der Waals surface area contributed by atoms with E-state index in [4.69, 9.17) is 27.9 Å². The third-order valence-corrected chi connectivity index (χ3v) is 4.12. The Labute approximate surface area is 113 Å². The summed E-state index contributed by atoms with van der Waals surface area (Å²) in [5.41, 5.74) is 0. The van der Waals surface area contributed by atoms with E-state index in [1.807, 2.05) is 22.6 Å². The minimum Gasteiger partial charge on any atom is -0.373 e. The molecular formula is C9H11Cl2IN2O. The Morgan fingerprint density at radius 1 is 1.33 bits per heavy atom. The normalized spacial score (nSPS) is 12.9. The predicted molar refractivity (Wildman–Crippen MR) is 69.4 cm³/mol. The van der Waals surface area contributed by atoms with Crippen molar-refractivity contribution in [2.75, 3.05) is 7.11 Å². The summed E-state index contributed by atoms with van der Waals surface area (Å²) in [5.74, 6) is 0.551. The van der Waals surface area contributed by atoms with Crippen LogP contribution < -0.4 is 0 Å². The van der Waals surface area contributed by atoms with E-state index in [1.165, 1.54) is 0 Å². The highest BCUT2D eigenvalue weighted by atomic mass is 127. The summed E-state index contributed by atoms with van der Waals surface area (Å²) in [4.78, 5) is 8.32. The lowest BCUT2D eigenvalue weighted by Gasteiger charge is -2.13. The zero-order valence-corrected chi connectivity index (χ0v) is 12.1. The molecule has 1 heterocycles. The van der Waals surface area contributed by atoms with Crippen molar-refractivity contribution in [3.8, 4) is 0 Å². The fraction of sp³-hybridized carbons (Fsp3) is 0.556. The van der Waals surface area contributed by atoms with Crippen LogP contribution in [0.1, 0.15) is 31.7 Å². The number of hydrogen-bond donors (Lipinski definition) is 0. The van der Waals surface area contributed by atoms with E-state index < -0.39 is 0 Å². The number of aromatic nitrogens is 2. The highest BCUT2D eigenvalue weighted by Gasteiger charge is 2.16. The van der Waals surface area contributed by atoms with Gasteiger partial charge in [-0.2, -0.15) is 0 Å². The Kier molecular flexibility index (Phi) is 5.52. The predicted octanol–water partition coefficient (Wildman–Crippen LogP) is 3.88. The second-order valence-electron chi connectivity index (χ2n) is 2.99. The molecule has 0 aliphatic heterocycles. The van der Waals surface area contributed by atoms with Gasteiger partial charge in [-0.1, -0.05) is 36.5 Å². The number of hydrogen-bond acceptors (Lipinski definition) is 3. The summed E-state index contributed by atoms with van der Waals surface area (Å²) in [6, 6.07) is 0. The Balaban J connectivity index is 3.03. The SMILES string of the molecule is CCCC(OC)c1nc(Cl)c(I)c(Cl)n1. The quantitative estimate of drug-likeness (QED) is 0.603. The maximum Gasteiger partial charge on any atom is 0.160 e. The van der Waals surface area contributed by atoms with E-state index in [0.717, 1.165) is 12.8 Å². The average molecular weight is 361 g/mol. The first kappa shape index (κ1) is 13.4. The molecule has 0 bridgehead atoms. The zero-order chi connectivity index (χ0) is 11.4. The first-order chi connectivity index (χ1) is 7.10. The van der Waals surface area contributed by atoms with E-state index in [9.17, 15) is 0 Å². The molecule has 84 valence electrons. The number of halogens is 3. The van der Waals surface area contributed by atoms with Gasteiger partial charge in [-0.05, 0) is 29.0 Å². The van der Waals surface area contributed by atoms with Gasteiger partial charge in [0, 0.05) is 7.11 Å². The van der Waals surface area contributed by atoms with Crippen molar-refractivity contribution in [2.45, 2.75) is 25.9 Å². The zero-order valence-electron chi connectivity index (χ0n) is 8.43. The van der Waals surface area contributed by atoms with Crippen LogP contribution in [0.25, 0.3) is 0 Å². The minimum absolute atomic E-state index is 0.137. The van der Waals surface area contributed by atoms with Crippen molar-refractivity contribution in [3.05, 3.63) is 19.7 Å². The van der Waals surface area contributed by atoms with E-state index in [1.54, 1.807) is 7.11 Å². The molecule has 0 aromatic carbocycles. The van der Waals surface area contributed by atoms with Gasteiger partial charge in [0.05, 0.1) is 3.57 Å². The maximum atomic E-state index is 5.92. The molecule has 0 aliphatic rings. The topological polar surface area (TPSA) is 35.0 Å². The van der Waals surface area contributed by atoms with Crippen LogP contribution in [0.3, 0.4) is 0 Å². The molecule has 1 aromatic rings. The fourth-order valence-corrected chi connectivity index (χ4v) is 1.81. The summed E-state index contributed by atoms with van der Waals surface area (Å²) in [5, 5.41) is 0.757. The second kappa shape index (κ2) is 6.18. The van der Waals surface area contributed by atoms with Crippen LogP contribution >= 0.6 is 45.8 Å². The number of methoxy groups -OCH3 is 1. The molecule has 15 heavy (non-hydrogen) atoms. The Morgan fingerprint density at radius 2 is 1.87 bits per heavy atom.